The number of piperidine rings is 1. The molecule has 0 bridgehead atoms. The van der Waals surface area contributed by atoms with E-state index in [1.54, 1.807) is 0 Å². The molecule has 1 atom stereocenters. The molecule has 2 rings (SSSR count). The van der Waals surface area contributed by atoms with Crippen LogP contribution in [-0.4, -0.2) is 24.1 Å². The molecule has 0 radical (unpaired) electrons. The fourth-order valence-electron chi connectivity index (χ4n) is 2.46. The fraction of sp³-hybridized carbons (Fsp3) is 0.500. The molecule has 0 aliphatic carbocycles. The van der Waals surface area contributed by atoms with Crippen LogP contribution in [0.25, 0.3) is 0 Å². The first-order valence-electron chi connectivity index (χ1n) is 6.14. The number of nitrogens with two attached hydrogens (primary N) is 1. The van der Waals surface area contributed by atoms with Crippen LogP contribution in [0.5, 0.6) is 0 Å². The Morgan fingerprint density at radius 2 is 2.26 bits per heavy atom. The summed E-state index contributed by atoms with van der Waals surface area (Å²) in [4.78, 5) is 12.3. The number of anilines is 1. The van der Waals surface area contributed by atoms with Crippen molar-refractivity contribution in [3.63, 3.8) is 0 Å². The van der Waals surface area contributed by atoms with Crippen molar-refractivity contribution in [1.29, 1.82) is 0 Å². The summed E-state index contributed by atoms with van der Waals surface area (Å²) in [5.41, 5.74) is 5.80. The van der Waals surface area contributed by atoms with Gasteiger partial charge in [0.2, 0.25) is 0 Å². The van der Waals surface area contributed by atoms with Crippen molar-refractivity contribution >= 4 is 23.0 Å². The van der Waals surface area contributed by atoms with E-state index in [1.807, 2.05) is 4.90 Å². The molecular formula is C12H15ClFN3O2. The predicted molar refractivity (Wildman–Crippen MR) is 72.1 cm³/mol. The zero-order chi connectivity index (χ0) is 14.0. The van der Waals surface area contributed by atoms with E-state index in [4.69, 9.17) is 17.3 Å². The fourth-order valence-corrected chi connectivity index (χ4v) is 2.62. The molecule has 7 heteroatoms. The van der Waals surface area contributed by atoms with Gasteiger partial charge in [-0.05, 0) is 25.3 Å². The Bertz CT molecular complexity index is 498. The van der Waals surface area contributed by atoms with E-state index in [0.717, 1.165) is 25.3 Å². The third-order valence-corrected chi connectivity index (χ3v) is 3.71. The average molecular weight is 288 g/mol. The summed E-state index contributed by atoms with van der Waals surface area (Å²) in [6.45, 7) is 1.08. The molecule has 1 saturated heterocycles. The summed E-state index contributed by atoms with van der Waals surface area (Å²) in [5, 5.41) is 11.0. The SMILES string of the molecule is NCC1CCCCN1c1cc(Cl)c(F)cc1[N+](=O)[O-]. The molecule has 0 saturated carbocycles. The largest absolute Gasteiger partial charge is 0.362 e. The first-order valence-corrected chi connectivity index (χ1v) is 6.52. The molecule has 1 aromatic rings. The Hall–Kier alpha value is -1.40. The zero-order valence-corrected chi connectivity index (χ0v) is 11.1. The van der Waals surface area contributed by atoms with Crippen LogP contribution in [0.3, 0.4) is 0 Å². The van der Waals surface area contributed by atoms with Crippen LogP contribution in [0.2, 0.25) is 5.02 Å². The summed E-state index contributed by atoms with van der Waals surface area (Å²) in [7, 11) is 0. The number of nitrogens with zero attached hydrogens (tertiary/aromatic N) is 2. The molecule has 1 fully saturated rings. The number of halogens is 2. The molecule has 1 unspecified atom stereocenters. The van der Waals surface area contributed by atoms with Gasteiger partial charge in [0, 0.05) is 19.1 Å². The summed E-state index contributed by atoms with van der Waals surface area (Å²) in [6.07, 6.45) is 2.85. The van der Waals surface area contributed by atoms with Gasteiger partial charge in [-0.3, -0.25) is 10.1 Å². The first-order chi connectivity index (χ1) is 9.04. The van der Waals surface area contributed by atoms with E-state index in [1.165, 1.54) is 6.07 Å². The minimum absolute atomic E-state index is 0.0361. The molecule has 1 aliphatic heterocycles. The second kappa shape index (κ2) is 5.71. The third-order valence-electron chi connectivity index (χ3n) is 3.42. The minimum Gasteiger partial charge on any atom is -0.362 e. The Morgan fingerprint density at radius 1 is 1.53 bits per heavy atom. The van der Waals surface area contributed by atoms with Crippen LogP contribution < -0.4 is 10.6 Å². The summed E-state index contributed by atoms with van der Waals surface area (Å²) >= 11 is 5.75. The zero-order valence-electron chi connectivity index (χ0n) is 10.3. The number of benzene rings is 1. The normalized spacial score (nSPS) is 19.5. The molecule has 2 N–H and O–H groups in total. The van der Waals surface area contributed by atoms with Gasteiger partial charge in [0.1, 0.15) is 11.5 Å². The van der Waals surface area contributed by atoms with Gasteiger partial charge in [-0.25, -0.2) is 4.39 Å². The van der Waals surface area contributed by atoms with Gasteiger partial charge in [-0.15, -0.1) is 0 Å². The minimum atomic E-state index is -0.779. The Morgan fingerprint density at radius 3 is 2.89 bits per heavy atom. The molecule has 1 aliphatic rings. The van der Waals surface area contributed by atoms with Crippen LogP contribution in [0.4, 0.5) is 15.8 Å². The topological polar surface area (TPSA) is 72.4 Å². The maximum Gasteiger partial charge on any atom is 0.295 e. The molecule has 104 valence electrons. The van der Waals surface area contributed by atoms with Crippen LogP contribution in [-0.2, 0) is 0 Å². The number of hydrogen-bond donors (Lipinski definition) is 1. The number of hydrogen-bond acceptors (Lipinski definition) is 4. The highest BCUT2D eigenvalue weighted by Gasteiger charge is 2.28. The number of nitro groups is 1. The molecule has 19 heavy (non-hydrogen) atoms. The molecular weight excluding hydrogens is 273 g/mol. The second-order valence-electron chi connectivity index (χ2n) is 4.59. The quantitative estimate of drug-likeness (QED) is 0.685. The lowest BCUT2D eigenvalue weighted by atomic mass is 10.0. The predicted octanol–water partition coefficient (Wildman–Crippen LogP) is 2.70. The van der Waals surface area contributed by atoms with E-state index < -0.39 is 10.7 Å². The van der Waals surface area contributed by atoms with Crippen LogP contribution >= 0.6 is 11.6 Å². The number of nitro benzene ring substituents is 1. The standard InChI is InChI=1S/C12H15ClFN3O2/c13-9-5-11(12(17(18)19)6-10(9)14)16-4-2-1-3-8(16)7-15/h5-6,8H,1-4,7,15H2. The van der Waals surface area contributed by atoms with Crippen molar-refractivity contribution in [3.8, 4) is 0 Å². The van der Waals surface area contributed by atoms with E-state index in [9.17, 15) is 14.5 Å². The first kappa shape index (κ1) is 14.0. The van der Waals surface area contributed by atoms with E-state index in [-0.39, 0.29) is 16.8 Å². The summed E-state index contributed by atoms with van der Waals surface area (Å²) < 4.78 is 13.4. The van der Waals surface area contributed by atoms with Crippen molar-refractivity contribution in [1.82, 2.24) is 0 Å². The molecule has 1 heterocycles. The summed E-state index contributed by atoms with van der Waals surface area (Å²) in [5.74, 6) is -0.779. The summed E-state index contributed by atoms with van der Waals surface area (Å²) in [6, 6.07) is 2.23. The van der Waals surface area contributed by atoms with Crippen LogP contribution in [0.1, 0.15) is 19.3 Å². The lowest BCUT2D eigenvalue weighted by Gasteiger charge is -2.36. The smallest absolute Gasteiger partial charge is 0.295 e. The van der Waals surface area contributed by atoms with Crippen LogP contribution in [0.15, 0.2) is 12.1 Å². The van der Waals surface area contributed by atoms with E-state index >= 15 is 0 Å². The average Bonchev–Trinajstić information content (AvgIpc) is 2.41. The second-order valence-corrected chi connectivity index (χ2v) is 5.00. The molecule has 0 spiro atoms. The Balaban J connectivity index is 2.47. The van der Waals surface area contributed by atoms with Gasteiger partial charge in [0.25, 0.3) is 5.69 Å². The highest BCUT2D eigenvalue weighted by molar-refractivity contribution is 6.31. The molecule has 5 nitrogen and oxygen atoms in total. The van der Waals surface area contributed by atoms with Gasteiger partial charge in [-0.1, -0.05) is 11.6 Å². The lowest BCUT2D eigenvalue weighted by Crippen LogP contribution is -2.44. The van der Waals surface area contributed by atoms with Gasteiger partial charge < -0.3 is 10.6 Å². The maximum atomic E-state index is 13.4. The molecule has 0 amide bonds. The Kier molecular flexibility index (Phi) is 4.21. The van der Waals surface area contributed by atoms with Gasteiger partial charge in [0.05, 0.1) is 16.0 Å². The monoisotopic (exact) mass is 287 g/mol. The van der Waals surface area contributed by atoms with Gasteiger partial charge in [0.15, 0.2) is 0 Å². The van der Waals surface area contributed by atoms with Crippen molar-refractivity contribution in [2.75, 3.05) is 18.0 Å². The highest BCUT2D eigenvalue weighted by Crippen LogP contribution is 2.36. The van der Waals surface area contributed by atoms with Crippen molar-refractivity contribution < 1.29 is 9.31 Å². The van der Waals surface area contributed by atoms with Crippen molar-refractivity contribution in [2.24, 2.45) is 5.73 Å². The van der Waals surface area contributed by atoms with E-state index in [2.05, 4.69) is 0 Å². The number of rotatable bonds is 3. The maximum absolute atomic E-state index is 13.4. The van der Waals surface area contributed by atoms with Crippen molar-refractivity contribution in [3.05, 3.63) is 33.1 Å². The highest BCUT2D eigenvalue weighted by atomic mass is 35.5. The van der Waals surface area contributed by atoms with Crippen molar-refractivity contribution in [2.45, 2.75) is 25.3 Å². The molecule has 1 aromatic carbocycles. The Labute approximate surface area is 115 Å². The molecule has 0 aromatic heterocycles. The van der Waals surface area contributed by atoms with Crippen LogP contribution in [0, 0.1) is 15.9 Å². The van der Waals surface area contributed by atoms with E-state index in [0.29, 0.717) is 18.8 Å². The van der Waals surface area contributed by atoms with Gasteiger partial charge in [-0.2, -0.15) is 0 Å². The lowest BCUT2D eigenvalue weighted by molar-refractivity contribution is -0.384. The third kappa shape index (κ3) is 2.79. The van der Waals surface area contributed by atoms with Gasteiger partial charge >= 0.3 is 0 Å².